The molecule has 1 aliphatic heterocycles. The second-order valence-corrected chi connectivity index (χ2v) is 16.3. The Morgan fingerprint density at radius 3 is 2.30 bits per heavy atom. The van der Waals surface area contributed by atoms with Crippen LogP contribution in [0.15, 0.2) is 29.8 Å². The van der Waals surface area contributed by atoms with Gasteiger partial charge in [0, 0.05) is 36.2 Å². The Bertz CT molecular complexity index is 1410. The first-order chi connectivity index (χ1) is 21.4. The number of phenols is 2. The maximum absolute atomic E-state index is 14.3. The van der Waals surface area contributed by atoms with Gasteiger partial charge >= 0.3 is 0 Å². The lowest BCUT2D eigenvalue weighted by Gasteiger charge is -2.64. The molecule has 4 fully saturated rings. The van der Waals surface area contributed by atoms with Crippen LogP contribution in [0.4, 0.5) is 0 Å². The summed E-state index contributed by atoms with van der Waals surface area (Å²) in [6, 6.07) is 4.15. The van der Waals surface area contributed by atoms with Crippen molar-refractivity contribution >= 4 is 5.78 Å². The third-order valence-corrected chi connectivity index (χ3v) is 13.8. The SMILES string of the molecule is CC(C)C(C)C(O)C1OC2CC3(O)C4=CC(=O)C5C(c6ccc(O)c(O)c6)C(O)C(O)CC5(C)C4CC(CCO)C3(C)C2C1(C)O. The highest BCUT2D eigenvalue weighted by molar-refractivity contribution is 5.96. The molecule has 10 nitrogen and oxygen atoms in total. The molecule has 256 valence electrons. The van der Waals surface area contributed by atoms with E-state index < -0.39 is 82.0 Å². The van der Waals surface area contributed by atoms with Crippen LogP contribution in [0.3, 0.4) is 0 Å². The molecule has 3 saturated carbocycles. The van der Waals surface area contributed by atoms with E-state index in [-0.39, 0.29) is 48.7 Å². The van der Waals surface area contributed by atoms with Crippen LogP contribution in [0.25, 0.3) is 0 Å². The molecule has 0 spiro atoms. The molecule has 8 N–H and O–H groups in total. The van der Waals surface area contributed by atoms with Crippen LogP contribution < -0.4 is 0 Å². The van der Waals surface area contributed by atoms with Gasteiger partial charge in [-0.3, -0.25) is 4.79 Å². The lowest BCUT2D eigenvalue weighted by atomic mass is 9.41. The van der Waals surface area contributed by atoms with Crippen molar-refractivity contribution in [2.24, 2.45) is 46.3 Å². The number of rotatable bonds is 6. The van der Waals surface area contributed by atoms with Crippen molar-refractivity contribution in [1.29, 1.82) is 0 Å². The molecule has 0 aromatic heterocycles. The minimum absolute atomic E-state index is 0.0915. The first kappa shape index (κ1) is 33.8. The molecule has 0 radical (unpaired) electrons. The molecular weight excluding hydrogens is 592 g/mol. The monoisotopic (exact) mass is 644 g/mol. The zero-order chi connectivity index (χ0) is 33.9. The molecule has 46 heavy (non-hydrogen) atoms. The van der Waals surface area contributed by atoms with Crippen molar-refractivity contribution in [2.75, 3.05) is 6.61 Å². The van der Waals surface area contributed by atoms with E-state index in [1.807, 2.05) is 34.6 Å². The van der Waals surface area contributed by atoms with Gasteiger partial charge in [-0.1, -0.05) is 40.7 Å². The smallest absolute Gasteiger partial charge is 0.160 e. The van der Waals surface area contributed by atoms with Gasteiger partial charge in [-0.15, -0.1) is 0 Å². The number of ketones is 1. The van der Waals surface area contributed by atoms with Crippen LogP contribution in [0.5, 0.6) is 11.5 Å². The summed E-state index contributed by atoms with van der Waals surface area (Å²) in [6.07, 6.45) is -2.47. The number of ether oxygens (including phenoxy) is 1. The average Bonchev–Trinajstić information content (AvgIpc) is 3.38. The number of hydrogen-bond donors (Lipinski definition) is 8. The molecule has 0 bridgehead atoms. The summed E-state index contributed by atoms with van der Waals surface area (Å²) >= 11 is 0. The van der Waals surface area contributed by atoms with Crippen LogP contribution in [-0.2, 0) is 9.53 Å². The highest BCUT2D eigenvalue weighted by Crippen LogP contribution is 2.73. The zero-order valence-corrected chi connectivity index (χ0v) is 27.7. The predicted octanol–water partition coefficient (Wildman–Crippen LogP) is 2.39. The van der Waals surface area contributed by atoms with Crippen molar-refractivity contribution in [3.8, 4) is 11.5 Å². The Morgan fingerprint density at radius 2 is 1.70 bits per heavy atom. The van der Waals surface area contributed by atoms with E-state index in [0.29, 0.717) is 24.0 Å². The summed E-state index contributed by atoms with van der Waals surface area (Å²) in [6.45, 7) is 11.3. The molecule has 15 atom stereocenters. The molecule has 15 unspecified atom stereocenters. The quantitative estimate of drug-likeness (QED) is 0.214. The molecule has 1 aromatic rings. The Balaban J connectivity index is 1.46. The van der Waals surface area contributed by atoms with Gasteiger partial charge in [0.2, 0.25) is 0 Å². The number of aliphatic hydroxyl groups excluding tert-OH is 4. The number of aliphatic hydroxyl groups is 6. The lowest BCUT2D eigenvalue weighted by Crippen LogP contribution is -2.66. The molecule has 1 aromatic carbocycles. The summed E-state index contributed by atoms with van der Waals surface area (Å²) in [5.41, 5.74) is -4.11. The normalized spacial score (nSPS) is 47.9. The van der Waals surface area contributed by atoms with E-state index in [4.69, 9.17) is 4.74 Å². The summed E-state index contributed by atoms with van der Waals surface area (Å²) in [5.74, 6) is -4.08. The van der Waals surface area contributed by atoms with E-state index >= 15 is 0 Å². The second-order valence-electron chi connectivity index (χ2n) is 16.3. The zero-order valence-electron chi connectivity index (χ0n) is 27.7. The van der Waals surface area contributed by atoms with Crippen molar-refractivity contribution < 1.29 is 50.4 Å². The fourth-order valence-electron chi connectivity index (χ4n) is 11.2. The van der Waals surface area contributed by atoms with Gasteiger partial charge in [0.25, 0.3) is 0 Å². The maximum Gasteiger partial charge on any atom is 0.160 e. The number of benzene rings is 1. The largest absolute Gasteiger partial charge is 0.504 e. The van der Waals surface area contributed by atoms with E-state index in [1.54, 1.807) is 6.92 Å². The third kappa shape index (κ3) is 4.36. The molecule has 6 rings (SSSR count). The number of allylic oxidation sites excluding steroid dienone is 1. The molecule has 1 saturated heterocycles. The fraction of sp³-hybridized carbons (Fsp3) is 0.750. The number of fused-ring (bicyclic) bond motifs is 7. The van der Waals surface area contributed by atoms with Gasteiger partial charge in [0.1, 0.15) is 6.10 Å². The van der Waals surface area contributed by atoms with Crippen molar-refractivity contribution in [3.05, 3.63) is 35.4 Å². The first-order valence-corrected chi connectivity index (χ1v) is 16.9. The van der Waals surface area contributed by atoms with E-state index in [1.165, 1.54) is 24.3 Å². The summed E-state index contributed by atoms with van der Waals surface area (Å²) in [5, 5.41) is 89.7. The summed E-state index contributed by atoms with van der Waals surface area (Å²) in [4.78, 5) is 14.3. The molecule has 4 aliphatic carbocycles. The number of hydrogen-bond acceptors (Lipinski definition) is 10. The standard InChI is InChI=1S/C36H52O10/c1-16(2)17(3)29(42)32-35(6,44)31-26(46-32)15-36(45)21-13-24(40)28-27(18-7-8-22(38)23(39)11-18)30(43)25(41)14-33(28,4)20(21)12-19(9-10-37)34(31,36)5/h7-8,11,13,16-17,19-20,25-32,37-39,41-45H,9-10,12,14-15H2,1-6H3. The van der Waals surface area contributed by atoms with Crippen LogP contribution in [-0.4, -0.2) is 95.0 Å². The highest BCUT2D eigenvalue weighted by atomic mass is 16.5. The number of carbonyl (C=O) groups excluding carboxylic acids is 1. The highest BCUT2D eigenvalue weighted by Gasteiger charge is 2.77. The molecule has 5 aliphatic rings. The fourth-order valence-corrected chi connectivity index (χ4v) is 11.2. The van der Waals surface area contributed by atoms with Gasteiger partial charge in [-0.25, -0.2) is 0 Å². The van der Waals surface area contributed by atoms with E-state index in [2.05, 4.69) is 0 Å². The topological polar surface area (TPSA) is 188 Å². The van der Waals surface area contributed by atoms with Crippen LogP contribution in [0.2, 0.25) is 0 Å². The molecular formula is C36H52O10. The van der Waals surface area contributed by atoms with Crippen molar-refractivity contribution in [1.82, 2.24) is 0 Å². The summed E-state index contributed by atoms with van der Waals surface area (Å²) < 4.78 is 6.50. The van der Waals surface area contributed by atoms with Crippen LogP contribution in [0.1, 0.15) is 78.7 Å². The summed E-state index contributed by atoms with van der Waals surface area (Å²) in [7, 11) is 0. The van der Waals surface area contributed by atoms with Crippen LogP contribution in [0, 0.1) is 46.3 Å². The molecule has 0 amide bonds. The average molecular weight is 645 g/mol. The van der Waals surface area contributed by atoms with Gasteiger partial charge in [-0.2, -0.15) is 0 Å². The van der Waals surface area contributed by atoms with Gasteiger partial charge in [-0.05, 0) is 84.6 Å². The molecule has 10 heteroatoms. The minimum Gasteiger partial charge on any atom is -0.504 e. The van der Waals surface area contributed by atoms with E-state index in [9.17, 15) is 45.6 Å². The first-order valence-electron chi connectivity index (χ1n) is 16.9. The lowest BCUT2D eigenvalue weighted by molar-refractivity contribution is -0.194. The third-order valence-electron chi connectivity index (χ3n) is 13.8. The van der Waals surface area contributed by atoms with Gasteiger partial charge in [0.15, 0.2) is 17.3 Å². The molecule has 1 heterocycles. The number of aromatic hydroxyl groups is 2. The number of carbonyl (C=O) groups is 1. The Kier molecular flexibility index (Phi) is 8.08. The van der Waals surface area contributed by atoms with Gasteiger partial charge in [0.05, 0.1) is 35.6 Å². The second kappa shape index (κ2) is 11.0. The Morgan fingerprint density at radius 1 is 1.02 bits per heavy atom. The van der Waals surface area contributed by atoms with Crippen molar-refractivity contribution in [2.45, 2.75) is 115 Å². The number of phenolic OH excluding ortho intramolecular Hbond substituents is 2. The van der Waals surface area contributed by atoms with Crippen molar-refractivity contribution in [3.63, 3.8) is 0 Å². The Hall–Kier alpha value is -2.05. The van der Waals surface area contributed by atoms with Gasteiger partial charge < -0.3 is 45.6 Å². The predicted molar refractivity (Wildman–Crippen MR) is 168 cm³/mol. The Labute approximate surface area is 270 Å². The van der Waals surface area contributed by atoms with Crippen LogP contribution >= 0.6 is 0 Å². The minimum atomic E-state index is -1.59. The van der Waals surface area contributed by atoms with E-state index in [0.717, 1.165) is 0 Å². The maximum atomic E-state index is 14.3.